The number of carbonyl (C=O) groups excluding carboxylic acids is 1. The van der Waals surface area contributed by atoms with Gasteiger partial charge in [0.25, 0.3) is 0 Å². The van der Waals surface area contributed by atoms with Crippen LogP contribution < -0.4 is 0 Å². The van der Waals surface area contributed by atoms with Gasteiger partial charge < -0.3 is 0 Å². The number of Topliss-reactive ketones (excluding diaryl/α,β-unsaturated/α-hetero) is 1. The van der Waals surface area contributed by atoms with Crippen LogP contribution in [0.5, 0.6) is 0 Å². The minimum atomic E-state index is 0.0838. The molecule has 0 aromatic carbocycles. The first-order valence-electron chi connectivity index (χ1n) is 5.65. The number of ketones is 1. The quantitative estimate of drug-likeness (QED) is 0.748. The van der Waals surface area contributed by atoms with Gasteiger partial charge >= 0.3 is 0 Å². The van der Waals surface area contributed by atoms with Gasteiger partial charge in [0.2, 0.25) is 0 Å². The Bertz CT molecular complexity index is 538. The van der Waals surface area contributed by atoms with Crippen molar-refractivity contribution in [1.82, 2.24) is 19.6 Å². The van der Waals surface area contributed by atoms with E-state index in [9.17, 15) is 4.79 Å². The molecule has 0 saturated carbocycles. The lowest BCUT2D eigenvalue weighted by Gasteiger charge is -2.02. The Labute approximate surface area is 100 Å². The van der Waals surface area contributed by atoms with E-state index in [0.29, 0.717) is 18.7 Å². The summed E-state index contributed by atoms with van der Waals surface area (Å²) in [5.41, 5.74) is 2.48. The van der Waals surface area contributed by atoms with E-state index in [-0.39, 0.29) is 5.78 Å². The molecule has 0 fully saturated rings. The largest absolute Gasteiger partial charge is 0.292 e. The van der Waals surface area contributed by atoms with Gasteiger partial charge in [-0.05, 0) is 25.5 Å². The molecule has 0 bridgehead atoms. The monoisotopic (exact) mass is 232 g/mol. The van der Waals surface area contributed by atoms with Gasteiger partial charge in [0, 0.05) is 26.2 Å². The van der Waals surface area contributed by atoms with Crippen LogP contribution in [0.15, 0.2) is 18.5 Å². The van der Waals surface area contributed by atoms with E-state index in [1.165, 1.54) is 0 Å². The molecule has 0 atom stereocenters. The van der Waals surface area contributed by atoms with E-state index >= 15 is 0 Å². The normalized spacial score (nSPS) is 10.8. The van der Waals surface area contributed by atoms with Crippen LogP contribution in [-0.2, 0) is 20.0 Å². The maximum atomic E-state index is 12.1. The van der Waals surface area contributed by atoms with Crippen molar-refractivity contribution in [3.05, 3.63) is 35.4 Å². The molecule has 2 rings (SSSR count). The zero-order valence-electron chi connectivity index (χ0n) is 10.3. The Kier molecular flexibility index (Phi) is 3.08. The third-order valence-corrected chi connectivity index (χ3v) is 2.61. The minimum absolute atomic E-state index is 0.0838. The van der Waals surface area contributed by atoms with E-state index in [4.69, 9.17) is 0 Å². The molecule has 90 valence electrons. The fourth-order valence-corrected chi connectivity index (χ4v) is 1.85. The van der Waals surface area contributed by atoms with Crippen LogP contribution in [0.4, 0.5) is 0 Å². The molecule has 0 aliphatic heterocycles. The highest BCUT2D eigenvalue weighted by molar-refractivity contribution is 5.96. The van der Waals surface area contributed by atoms with E-state index in [2.05, 4.69) is 10.2 Å². The highest BCUT2D eigenvalue weighted by atomic mass is 16.1. The van der Waals surface area contributed by atoms with Crippen molar-refractivity contribution >= 4 is 5.78 Å². The number of aromatic nitrogens is 4. The second-order valence-electron chi connectivity index (χ2n) is 4.11. The van der Waals surface area contributed by atoms with Crippen LogP contribution in [0, 0.1) is 6.92 Å². The molecule has 2 aromatic rings. The highest BCUT2D eigenvalue weighted by Crippen LogP contribution is 2.09. The van der Waals surface area contributed by atoms with Crippen molar-refractivity contribution in [3.8, 4) is 0 Å². The zero-order valence-corrected chi connectivity index (χ0v) is 10.3. The van der Waals surface area contributed by atoms with Gasteiger partial charge in [0.15, 0.2) is 5.78 Å². The first-order chi connectivity index (χ1) is 8.10. The van der Waals surface area contributed by atoms with Crippen LogP contribution in [0.25, 0.3) is 0 Å². The Balaban J connectivity index is 2.19. The van der Waals surface area contributed by atoms with Crippen molar-refractivity contribution in [2.45, 2.75) is 26.8 Å². The summed E-state index contributed by atoms with van der Waals surface area (Å²) in [6.45, 7) is 4.59. The summed E-state index contributed by atoms with van der Waals surface area (Å²) in [6.07, 6.45) is 3.95. The van der Waals surface area contributed by atoms with E-state index in [1.54, 1.807) is 15.6 Å². The molecule has 17 heavy (non-hydrogen) atoms. The van der Waals surface area contributed by atoms with E-state index in [0.717, 1.165) is 11.3 Å². The summed E-state index contributed by atoms with van der Waals surface area (Å²) < 4.78 is 3.44. The van der Waals surface area contributed by atoms with Gasteiger partial charge in [-0.15, -0.1) is 0 Å². The number of nitrogens with zero attached hydrogens (tertiary/aromatic N) is 4. The van der Waals surface area contributed by atoms with Crippen LogP contribution in [0.2, 0.25) is 0 Å². The molecule has 0 saturated heterocycles. The summed E-state index contributed by atoms with van der Waals surface area (Å²) in [7, 11) is 1.84. The van der Waals surface area contributed by atoms with Crippen molar-refractivity contribution in [1.29, 1.82) is 0 Å². The number of rotatable bonds is 4. The number of carbonyl (C=O) groups is 1. The summed E-state index contributed by atoms with van der Waals surface area (Å²) in [4.78, 5) is 12.1. The summed E-state index contributed by atoms with van der Waals surface area (Å²) in [5.74, 6) is 0.0838. The third kappa shape index (κ3) is 2.43. The standard InChI is InChI=1S/C12H16N4O/c1-4-16-11(5-9(2)14-16)12(17)6-10-7-13-15(3)8-10/h5,7-8H,4,6H2,1-3H3. The zero-order chi connectivity index (χ0) is 12.4. The number of aryl methyl sites for hydroxylation is 3. The van der Waals surface area contributed by atoms with Crippen LogP contribution in [0.3, 0.4) is 0 Å². The van der Waals surface area contributed by atoms with Crippen LogP contribution in [0.1, 0.15) is 28.7 Å². The van der Waals surface area contributed by atoms with E-state index in [1.807, 2.05) is 33.2 Å². The minimum Gasteiger partial charge on any atom is -0.292 e. The predicted molar refractivity (Wildman–Crippen MR) is 63.9 cm³/mol. The Morgan fingerprint density at radius 2 is 2.24 bits per heavy atom. The predicted octanol–water partition coefficient (Wildman–Crippen LogP) is 1.37. The van der Waals surface area contributed by atoms with Gasteiger partial charge in [-0.25, -0.2) is 0 Å². The topological polar surface area (TPSA) is 52.7 Å². The molecule has 5 heteroatoms. The molecule has 0 radical (unpaired) electrons. The molecule has 2 aromatic heterocycles. The molecular formula is C12H16N4O. The fraction of sp³-hybridized carbons (Fsp3) is 0.417. The maximum Gasteiger partial charge on any atom is 0.185 e. The average Bonchev–Trinajstić information content (AvgIpc) is 2.84. The maximum absolute atomic E-state index is 12.1. The second kappa shape index (κ2) is 4.53. The van der Waals surface area contributed by atoms with Crippen molar-refractivity contribution < 1.29 is 4.79 Å². The van der Waals surface area contributed by atoms with Crippen LogP contribution in [-0.4, -0.2) is 25.3 Å². The number of hydrogen-bond acceptors (Lipinski definition) is 3. The van der Waals surface area contributed by atoms with Gasteiger partial charge in [0.05, 0.1) is 11.9 Å². The molecule has 0 unspecified atom stereocenters. The van der Waals surface area contributed by atoms with Gasteiger partial charge in [-0.1, -0.05) is 0 Å². The first kappa shape index (κ1) is 11.6. The van der Waals surface area contributed by atoms with Gasteiger partial charge in [-0.3, -0.25) is 14.2 Å². The lowest BCUT2D eigenvalue weighted by molar-refractivity contribution is 0.0982. The molecule has 0 N–H and O–H groups in total. The van der Waals surface area contributed by atoms with Gasteiger partial charge in [-0.2, -0.15) is 10.2 Å². The third-order valence-electron chi connectivity index (χ3n) is 2.61. The molecular weight excluding hydrogens is 216 g/mol. The van der Waals surface area contributed by atoms with Crippen LogP contribution >= 0.6 is 0 Å². The van der Waals surface area contributed by atoms with Gasteiger partial charge in [0.1, 0.15) is 5.69 Å². The Hall–Kier alpha value is -1.91. The smallest absolute Gasteiger partial charge is 0.185 e. The molecule has 0 aliphatic rings. The lowest BCUT2D eigenvalue weighted by atomic mass is 10.1. The van der Waals surface area contributed by atoms with E-state index < -0.39 is 0 Å². The SMILES string of the molecule is CCn1nc(C)cc1C(=O)Cc1cnn(C)c1. The fourth-order valence-electron chi connectivity index (χ4n) is 1.85. The highest BCUT2D eigenvalue weighted by Gasteiger charge is 2.14. The molecule has 0 aliphatic carbocycles. The number of hydrogen-bond donors (Lipinski definition) is 0. The summed E-state index contributed by atoms with van der Waals surface area (Å²) in [5, 5.41) is 8.33. The van der Waals surface area contributed by atoms with Crippen molar-refractivity contribution in [2.24, 2.45) is 7.05 Å². The summed E-state index contributed by atoms with van der Waals surface area (Å²) in [6, 6.07) is 1.84. The lowest BCUT2D eigenvalue weighted by Crippen LogP contribution is -2.11. The van der Waals surface area contributed by atoms with Crippen molar-refractivity contribution in [2.75, 3.05) is 0 Å². The average molecular weight is 232 g/mol. The molecule has 0 amide bonds. The van der Waals surface area contributed by atoms with Crippen molar-refractivity contribution in [3.63, 3.8) is 0 Å². The molecule has 5 nitrogen and oxygen atoms in total. The first-order valence-corrected chi connectivity index (χ1v) is 5.65. The second-order valence-corrected chi connectivity index (χ2v) is 4.11. The molecule has 0 spiro atoms. The Morgan fingerprint density at radius 3 is 2.82 bits per heavy atom. The Morgan fingerprint density at radius 1 is 1.47 bits per heavy atom. The summed E-state index contributed by atoms with van der Waals surface area (Å²) >= 11 is 0. The molecule has 2 heterocycles.